The van der Waals surface area contributed by atoms with E-state index in [0.29, 0.717) is 6.54 Å². The van der Waals surface area contributed by atoms with Crippen molar-refractivity contribution < 1.29 is 0 Å². The number of hydrogen-bond acceptors (Lipinski definition) is 5. The van der Waals surface area contributed by atoms with Crippen LogP contribution in [0.15, 0.2) is 9.59 Å². The third kappa shape index (κ3) is 2.40. The second-order valence-corrected chi connectivity index (χ2v) is 6.52. The summed E-state index contributed by atoms with van der Waals surface area (Å²) in [6.45, 7) is 2.84. The standard InChI is InChI=1S/C11H18N4O2S/c1-11(4-3-5-18-11)6-13-7-8(12)15(2)10(17)14-9(7)16/h13H,3-6,12H2,1-2H3,(H,14,16,17). The lowest BCUT2D eigenvalue weighted by molar-refractivity contribution is 0.633. The monoisotopic (exact) mass is 270 g/mol. The molecule has 1 saturated heterocycles. The van der Waals surface area contributed by atoms with Crippen molar-refractivity contribution in [2.75, 3.05) is 23.3 Å². The van der Waals surface area contributed by atoms with Crippen LogP contribution in [0.5, 0.6) is 0 Å². The van der Waals surface area contributed by atoms with Gasteiger partial charge >= 0.3 is 5.69 Å². The third-order valence-electron chi connectivity index (χ3n) is 3.31. The minimum absolute atomic E-state index is 0.133. The number of rotatable bonds is 3. The lowest BCUT2D eigenvalue weighted by Crippen LogP contribution is -2.35. The Balaban J connectivity index is 2.22. The van der Waals surface area contributed by atoms with Crippen LogP contribution in [0.25, 0.3) is 0 Å². The molecule has 2 heterocycles. The van der Waals surface area contributed by atoms with Crippen LogP contribution in [0.1, 0.15) is 19.8 Å². The van der Waals surface area contributed by atoms with Gasteiger partial charge in [0.05, 0.1) is 0 Å². The zero-order chi connectivity index (χ0) is 13.3. The van der Waals surface area contributed by atoms with E-state index in [-0.39, 0.29) is 16.3 Å². The van der Waals surface area contributed by atoms with Crippen LogP contribution in [0.2, 0.25) is 0 Å². The predicted octanol–water partition coefficient (Wildman–Crippen LogP) is 0.353. The number of thioether (sulfide) groups is 1. The zero-order valence-electron chi connectivity index (χ0n) is 10.6. The van der Waals surface area contributed by atoms with Gasteiger partial charge in [-0.15, -0.1) is 0 Å². The smallest absolute Gasteiger partial charge is 0.329 e. The molecule has 18 heavy (non-hydrogen) atoms. The van der Waals surface area contributed by atoms with Crippen molar-refractivity contribution in [3.05, 3.63) is 20.8 Å². The number of nitrogens with one attached hydrogen (secondary N) is 2. The van der Waals surface area contributed by atoms with Gasteiger partial charge in [-0.1, -0.05) is 0 Å². The first-order chi connectivity index (χ1) is 8.43. The van der Waals surface area contributed by atoms with Crippen molar-refractivity contribution in [2.45, 2.75) is 24.5 Å². The molecule has 1 atom stereocenters. The van der Waals surface area contributed by atoms with E-state index in [0.717, 1.165) is 12.2 Å². The molecule has 6 nitrogen and oxygen atoms in total. The number of aromatic nitrogens is 2. The molecule has 2 rings (SSSR count). The van der Waals surface area contributed by atoms with Gasteiger partial charge in [0.2, 0.25) is 0 Å². The Labute approximate surface area is 109 Å². The molecule has 1 fully saturated rings. The number of hydrogen-bond donors (Lipinski definition) is 3. The van der Waals surface area contributed by atoms with Gasteiger partial charge in [0, 0.05) is 18.3 Å². The lowest BCUT2D eigenvalue weighted by Gasteiger charge is -2.23. The van der Waals surface area contributed by atoms with Crippen LogP contribution in [0.4, 0.5) is 11.5 Å². The quantitative estimate of drug-likeness (QED) is 0.737. The molecule has 7 heteroatoms. The zero-order valence-corrected chi connectivity index (χ0v) is 11.4. The topological polar surface area (TPSA) is 92.9 Å². The molecule has 1 aliphatic rings. The second kappa shape index (κ2) is 4.72. The fourth-order valence-electron chi connectivity index (χ4n) is 2.06. The first-order valence-corrected chi connectivity index (χ1v) is 6.88. The van der Waals surface area contributed by atoms with Gasteiger partial charge in [-0.2, -0.15) is 11.8 Å². The molecule has 0 spiro atoms. The second-order valence-electron chi connectivity index (χ2n) is 4.83. The van der Waals surface area contributed by atoms with E-state index in [2.05, 4.69) is 17.2 Å². The number of nitrogens with two attached hydrogens (primary N) is 1. The number of anilines is 2. The summed E-state index contributed by atoms with van der Waals surface area (Å²) in [5.74, 6) is 1.33. The first kappa shape index (κ1) is 13.1. The summed E-state index contributed by atoms with van der Waals surface area (Å²) in [4.78, 5) is 25.3. The maximum absolute atomic E-state index is 11.7. The summed E-state index contributed by atoms with van der Waals surface area (Å²) in [5, 5.41) is 3.08. The molecule has 100 valence electrons. The number of H-pyrrole nitrogens is 1. The van der Waals surface area contributed by atoms with Crippen LogP contribution < -0.4 is 22.3 Å². The summed E-state index contributed by atoms with van der Waals surface area (Å²) in [5.41, 5.74) is 5.12. The van der Waals surface area contributed by atoms with E-state index in [4.69, 9.17) is 5.73 Å². The molecule has 1 aliphatic heterocycles. The minimum Gasteiger partial charge on any atom is -0.383 e. The van der Waals surface area contributed by atoms with Crippen molar-refractivity contribution in [3.8, 4) is 0 Å². The van der Waals surface area contributed by atoms with E-state index in [1.54, 1.807) is 0 Å². The summed E-state index contributed by atoms with van der Waals surface area (Å²) in [7, 11) is 1.53. The largest absolute Gasteiger partial charge is 0.383 e. The van der Waals surface area contributed by atoms with Crippen molar-refractivity contribution in [2.24, 2.45) is 7.05 Å². The number of nitrogens with zero attached hydrogens (tertiary/aromatic N) is 1. The highest BCUT2D eigenvalue weighted by molar-refractivity contribution is 8.00. The van der Waals surface area contributed by atoms with Gasteiger partial charge in [-0.05, 0) is 25.5 Å². The van der Waals surface area contributed by atoms with Gasteiger partial charge in [0.1, 0.15) is 11.5 Å². The van der Waals surface area contributed by atoms with Gasteiger partial charge in [-0.25, -0.2) is 4.79 Å². The maximum Gasteiger partial charge on any atom is 0.329 e. The molecule has 0 saturated carbocycles. The Morgan fingerprint density at radius 2 is 2.28 bits per heavy atom. The Morgan fingerprint density at radius 3 is 2.89 bits per heavy atom. The summed E-state index contributed by atoms with van der Waals surface area (Å²) in [6.07, 6.45) is 2.32. The third-order valence-corrected chi connectivity index (χ3v) is 4.85. The van der Waals surface area contributed by atoms with Crippen LogP contribution in [-0.4, -0.2) is 26.6 Å². The van der Waals surface area contributed by atoms with Gasteiger partial charge in [0.25, 0.3) is 5.56 Å². The Hall–Kier alpha value is -1.37. The van der Waals surface area contributed by atoms with Crippen LogP contribution in [-0.2, 0) is 7.05 Å². The molecule has 1 aromatic rings. The van der Waals surface area contributed by atoms with Gasteiger partial charge in [0.15, 0.2) is 0 Å². The molecule has 0 radical (unpaired) electrons. The fourth-order valence-corrected chi connectivity index (χ4v) is 3.30. The van der Waals surface area contributed by atoms with Crippen molar-refractivity contribution in [1.82, 2.24) is 9.55 Å². The Bertz CT molecular complexity index is 557. The van der Waals surface area contributed by atoms with E-state index >= 15 is 0 Å². The van der Waals surface area contributed by atoms with Gasteiger partial charge < -0.3 is 11.1 Å². The average Bonchev–Trinajstić information content (AvgIpc) is 2.73. The highest BCUT2D eigenvalue weighted by Gasteiger charge is 2.29. The SMILES string of the molecule is Cn1c(N)c(NCC2(C)CCCS2)c(=O)[nH]c1=O. The predicted molar refractivity (Wildman–Crippen MR) is 75.3 cm³/mol. The number of aromatic amines is 1. The molecule has 0 bridgehead atoms. The van der Waals surface area contributed by atoms with Gasteiger partial charge in [-0.3, -0.25) is 14.3 Å². The summed E-state index contributed by atoms with van der Waals surface area (Å²) in [6, 6.07) is 0. The summed E-state index contributed by atoms with van der Waals surface area (Å²) < 4.78 is 1.36. The number of nitrogen functional groups attached to an aromatic ring is 1. The van der Waals surface area contributed by atoms with E-state index in [1.165, 1.54) is 18.0 Å². The Morgan fingerprint density at radius 1 is 1.56 bits per heavy atom. The highest BCUT2D eigenvalue weighted by atomic mass is 32.2. The van der Waals surface area contributed by atoms with Crippen LogP contribution in [0, 0.1) is 0 Å². The minimum atomic E-state index is -0.496. The lowest BCUT2D eigenvalue weighted by atomic mass is 10.1. The molecule has 1 unspecified atom stereocenters. The molecule has 4 N–H and O–H groups in total. The Kier molecular flexibility index (Phi) is 3.43. The van der Waals surface area contributed by atoms with Crippen molar-refractivity contribution >= 4 is 23.3 Å². The van der Waals surface area contributed by atoms with Crippen LogP contribution >= 0.6 is 11.8 Å². The summed E-state index contributed by atoms with van der Waals surface area (Å²) >= 11 is 1.90. The molecule has 0 aliphatic carbocycles. The van der Waals surface area contributed by atoms with E-state index in [1.807, 2.05) is 11.8 Å². The molecule has 0 amide bonds. The maximum atomic E-state index is 11.7. The molecule has 1 aromatic heterocycles. The van der Waals surface area contributed by atoms with Crippen LogP contribution in [0.3, 0.4) is 0 Å². The normalized spacial score (nSPS) is 23.2. The molecule has 0 aromatic carbocycles. The van der Waals surface area contributed by atoms with E-state index in [9.17, 15) is 9.59 Å². The van der Waals surface area contributed by atoms with Crippen molar-refractivity contribution in [3.63, 3.8) is 0 Å². The van der Waals surface area contributed by atoms with Crippen molar-refractivity contribution in [1.29, 1.82) is 0 Å². The first-order valence-electron chi connectivity index (χ1n) is 5.89. The average molecular weight is 270 g/mol. The highest BCUT2D eigenvalue weighted by Crippen LogP contribution is 2.37. The fraction of sp³-hybridized carbons (Fsp3) is 0.636. The molecular weight excluding hydrogens is 252 g/mol. The van der Waals surface area contributed by atoms with E-state index < -0.39 is 11.2 Å². The molecular formula is C11H18N4O2S.